The second-order valence-electron chi connectivity index (χ2n) is 9.08. The van der Waals surface area contributed by atoms with Gasteiger partial charge in [-0.25, -0.2) is 4.39 Å². The molecule has 2 aliphatic heterocycles. The molecule has 0 amide bonds. The summed E-state index contributed by atoms with van der Waals surface area (Å²) in [5.41, 5.74) is 3.84. The van der Waals surface area contributed by atoms with Crippen molar-refractivity contribution in [3.05, 3.63) is 70.0 Å². The highest BCUT2D eigenvalue weighted by molar-refractivity contribution is 7.80. The maximum absolute atomic E-state index is 13.5. The number of hydrogen-bond acceptors (Lipinski definition) is 3. The van der Waals surface area contributed by atoms with Gasteiger partial charge in [-0.15, -0.1) is 24.8 Å². The van der Waals surface area contributed by atoms with Gasteiger partial charge >= 0.3 is 0 Å². The van der Waals surface area contributed by atoms with Crippen LogP contribution in [0.1, 0.15) is 41.5 Å². The summed E-state index contributed by atoms with van der Waals surface area (Å²) in [6.45, 7) is 8.41. The van der Waals surface area contributed by atoms with E-state index in [0.717, 1.165) is 75.3 Å². The lowest BCUT2D eigenvalue weighted by Crippen LogP contribution is -2.52. The van der Waals surface area contributed by atoms with Crippen molar-refractivity contribution in [2.45, 2.75) is 24.8 Å². The third kappa shape index (κ3) is 5.97. The number of thiocarbonyl (C=S) groups is 1. The maximum atomic E-state index is 13.5. The normalized spacial score (nSPS) is 23.0. The molecule has 2 saturated heterocycles. The van der Waals surface area contributed by atoms with Gasteiger partial charge in [0.1, 0.15) is 5.82 Å². The van der Waals surface area contributed by atoms with E-state index < -0.39 is 0 Å². The molecule has 1 N–H and O–H groups in total. The van der Waals surface area contributed by atoms with Crippen molar-refractivity contribution in [2.24, 2.45) is 0 Å². The number of nitrogens with zero attached hydrogens (tertiary/aromatic N) is 3. The van der Waals surface area contributed by atoms with Gasteiger partial charge in [-0.3, -0.25) is 9.80 Å². The molecule has 4 nitrogen and oxygen atoms in total. The van der Waals surface area contributed by atoms with E-state index >= 15 is 0 Å². The number of piperazine rings is 1. The second-order valence-corrected chi connectivity index (χ2v) is 9.90. The Balaban J connectivity index is 0.00000162. The lowest BCUT2D eigenvalue weighted by atomic mass is 9.93. The minimum Gasteiger partial charge on any atom is -0.362 e. The van der Waals surface area contributed by atoms with Gasteiger partial charge in [0.25, 0.3) is 0 Å². The monoisotopic (exact) mass is 544 g/mol. The number of halogens is 4. The van der Waals surface area contributed by atoms with Crippen molar-refractivity contribution in [3.8, 4) is 0 Å². The molecule has 2 atom stereocenters. The molecule has 0 unspecified atom stereocenters. The predicted molar refractivity (Wildman–Crippen MR) is 146 cm³/mol. The van der Waals surface area contributed by atoms with Gasteiger partial charge in [0.2, 0.25) is 0 Å². The average Bonchev–Trinajstić information content (AvgIpc) is 3.18. The Hall–Kier alpha value is -1.15. The number of benzene rings is 2. The summed E-state index contributed by atoms with van der Waals surface area (Å²) < 4.78 is 13.5. The maximum Gasteiger partial charge on any atom is 0.168 e. The van der Waals surface area contributed by atoms with Crippen LogP contribution in [0.4, 0.5) is 4.39 Å². The average molecular weight is 546 g/mol. The standard InChI is InChI=1S/C25H30ClFN4S.2ClH/c26-19-4-7-21-23(16-19)22(18-2-5-20(27)6-3-18)17-24(21)30-13-10-29(11-14-30)12-15-31-9-1-8-28-25(31)32;;/h2-7,16,22,24H,1,8-15,17H2,(H,28,32);2*1H/t22-,24+;;/m0../s1. The Morgan fingerprint density at radius 1 is 0.941 bits per heavy atom. The summed E-state index contributed by atoms with van der Waals surface area (Å²) in [6.07, 6.45) is 2.18. The molecule has 0 spiro atoms. The molecule has 186 valence electrons. The molecule has 2 aromatic carbocycles. The first kappa shape index (κ1) is 27.4. The topological polar surface area (TPSA) is 21.8 Å². The van der Waals surface area contributed by atoms with E-state index in [1.165, 1.54) is 16.7 Å². The number of rotatable bonds is 5. The summed E-state index contributed by atoms with van der Waals surface area (Å²) >= 11 is 11.8. The second kappa shape index (κ2) is 12.2. The molecule has 0 saturated carbocycles. The zero-order chi connectivity index (χ0) is 22.1. The van der Waals surface area contributed by atoms with E-state index in [-0.39, 0.29) is 36.5 Å². The van der Waals surface area contributed by atoms with E-state index in [9.17, 15) is 4.39 Å². The van der Waals surface area contributed by atoms with Crippen LogP contribution in [0.25, 0.3) is 0 Å². The summed E-state index contributed by atoms with van der Waals surface area (Å²) in [6, 6.07) is 13.7. The fourth-order valence-electron chi connectivity index (χ4n) is 5.44. The molecule has 2 aromatic rings. The van der Waals surface area contributed by atoms with Crippen molar-refractivity contribution in [1.82, 2.24) is 20.0 Å². The first-order valence-electron chi connectivity index (χ1n) is 11.6. The Bertz CT molecular complexity index is 969. The molecular formula is C25H32Cl3FN4S. The SMILES string of the molecule is Cl.Cl.Fc1ccc([C@@H]2C[C@@H](N3CCN(CCN4CCCNC4=S)CC3)c3ccc(Cl)cc32)cc1. The summed E-state index contributed by atoms with van der Waals surface area (Å²) in [7, 11) is 0. The van der Waals surface area contributed by atoms with Gasteiger partial charge in [0, 0.05) is 69.3 Å². The van der Waals surface area contributed by atoms with E-state index in [4.69, 9.17) is 23.8 Å². The van der Waals surface area contributed by atoms with Crippen molar-refractivity contribution in [3.63, 3.8) is 0 Å². The van der Waals surface area contributed by atoms with Crippen LogP contribution in [0.2, 0.25) is 5.02 Å². The zero-order valence-electron chi connectivity index (χ0n) is 19.1. The lowest BCUT2D eigenvalue weighted by molar-refractivity contribution is 0.0910. The van der Waals surface area contributed by atoms with E-state index in [2.05, 4.69) is 32.1 Å². The molecule has 0 aromatic heterocycles. The van der Waals surface area contributed by atoms with Gasteiger partial charge in [-0.1, -0.05) is 29.8 Å². The highest BCUT2D eigenvalue weighted by Crippen LogP contribution is 2.47. The molecule has 34 heavy (non-hydrogen) atoms. The van der Waals surface area contributed by atoms with Crippen LogP contribution < -0.4 is 5.32 Å². The molecule has 3 aliphatic rings. The molecule has 9 heteroatoms. The predicted octanol–water partition coefficient (Wildman–Crippen LogP) is 5.10. The number of fused-ring (bicyclic) bond motifs is 1. The highest BCUT2D eigenvalue weighted by Gasteiger charge is 2.36. The third-order valence-electron chi connectivity index (χ3n) is 7.22. The summed E-state index contributed by atoms with van der Waals surface area (Å²) in [5.74, 6) is 0.0757. The lowest BCUT2D eigenvalue weighted by Gasteiger charge is -2.39. The molecule has 2 heterocycles. The van der Waals surface area contributed by atoms with Crippen molar-refractivity contribution in [2.75, 3.05) is 52.4 Å². The Morgan fingerprint density at radius 3 is 2.38 bits per heavy atom. The van der Waals surface area contributed by atoms with Crippen molar-refractivity contribution < 1.29 is 4.39 Å². The van der Waals surface area contributed by atoms with Crippen LogP contribution in [-0.2, 0) is 0 Å². The highest BCUT2D eigenvalue weighted by atomic mass is 35.5. The molecule has 1 aliphatic carbocycles. The molecule has 2 fully saturated rings. The first-order valence-corrected chi connectivity index (χ1v) is 12.4. The van der Waals surface area contributed by atoms with Crippen molar-refractivity contribution >= 4 is 53.7 Å². The van der Waals surface area contributed by atoms with Crippen molar-refractivity contribution in [1.29, 1.82) is 0 Å². The smallest absolute Gasteiger partial charge is 0.168 e. The fraction of sp³-hybridized carbons (Fsp3) is 0.480. The minimum absolute atomic E-state index is 0. The Morgan fingerprint density at radius 2 is 1.68 bits per heavy atom. The van der Waals surface area contributed by atoms with Crippen LogP contribution in [0.3, 0.4) is 0 Å². The van der Waals surface area contributed by atoms with Gasteiger partial charge in [0.05, 0.1) is 0 Å². The van der Waals surface area contributed by atoms with Gasteiger partial charge in [0.15, 0.2) is 5.11 Å². The van der Waals surface area contributed by atoms with Gasteiger partial charge < -0.3 is 10.2 Å². The number of nitrogens with one attached hydrogen (secondary N) is 1. The van der Waals surface area contributed by atoms with Crippen LogP contribution in [-0.4, -0.2) is 72.2 Å². The quantitative estimate of drug-likeness (QED) is 0.527. The summed E-state index contributed by atoms with van der Waals surface area (Å²) in [4.78, 5) is 7.48. The third-order valence-corrected chi connectivity index (χ3v) is 7.85. The summed E-state index contributed by atoms with van der Waals surface area (Å²) in [5, 5.41) is 4.97. The van der Waals surface area contributed by atoms with Crippen LogP contribution in [0.15, 0.2) is 42.5 Å². The largest absolute Gasteiger partial charge is 0.362 e. The molecular weight excluding hydrogens is 514 g/mol. The minimum atomic E-state index is -0.188. The fourth-order valence-corrected chi connectivity index (χ4v) is 5.90. The van der Waals surface area contributed by atoms with E-state index in [1.807, 2.05) is 18.2 Å². The first-order chi connectivity index (χ1) is 15.6. The Labute approximate surface area is 224 Å². The van der Waals surface area contributed by atoms with Gasteiger partial charge in [-0.05, 0) is 66.0 Å². The molecule has 0 radical (unpaired) electrons. The van der Waals surface area contributed by atoms with Crippen LogP contribution >= 0.6 is 48.6 Å². The van der Waals surface area contributed by atoms with Crippen LogP contribution in [0.5, 0.6) is 0 Å². The van der Waals surface area contributed by atoms with Crippen LogP contribution in [0, 0.1) is 5.82 Å². The van der Waals surface area contributed by atoms with Gasteiger partial charge in [-0.2, -0.15) is 0 Å². The Kier molecular flexibility index (Phi) is 9.84. The number of hydrogen-bond donors (Lipinski definition) is 1. The molecule has 0 bridgehead atoms. The van der Waals surface area contributed by atoms with E-state index in [1.54, 1.807) is 12.1 Å². The zero-order valence-corrected chi connectivity index (χ0v) is 22.3. The molecule has 5 rings (SSSR count). The van der Waals surface area contributed by atoms with E-state index in [0.29, 0.717) is 6.04 Å².